The van der Waals surface area contributed by atoms with E-state index in [9.17, 15) is 22.8 Å². The quantitative estimate of drug-likeness (QED) is 0.138. The lowest BCUT2D eigenvalue weighted by Gasteiger charge is -2.29. The fraction of sp³-hybridized carbons (Fsp3) is 0.0345. The van der Waals surface area contributed by atoms with Crippen LogP contribution in [0.1, 0.15) is 11.3 Å². The van der Waals surface area contributed by atoms with E-state index in [-0.39, 0.29) is 21.3 Å². The van der Waals surface area contributed by atoms with Gasteiger partial charge in [0.1, 0.15) is 17.1 Å². The van der Waals surface area contributed by atoms with Crippen LogP contribution in [0.3, 0.4) is 0 Å². The van der Waals surface area contributed by atoms with Crippen molar-refractivity contribution < 1.29 is 27.5 Å². The molecule has 2 amide bonds. The second-order valence-electron chi connectivity index (χ2n) is 8.53. The van der Waals surface area contributed by atoms with Gasteiger partial charge in [0.05, 0.1) is 16.9 Å². The van der Waals surface area contributed by atoms with Gasteiger partial charge < -0.3 is 4.74 Å². The summed E-state index contributed by atoms with van der Waals surface area (Å²) >= 11 is 12.2. The highest BCUT2D eigenvalue weighted by molar-refractivity contribution is 7.99. The van der Waals surface area contributed by atoms with E-state index in [1.165, 1.54) is 0 Å². The maximum absolute atomic E-state index is 13.5. The molecule has 0 radical (unpaired) electrons. The van der Waals surface area contributed by atoms with E-state index in [1.807, 2.05) is 18.2 Å². The highest BCUT2D eigenvalue weighted by atomic mass is 35.5. The molecule has 1 aromatic heterocycles. The molecule has 1 saturated heterocycles. The number of rotatable bonds is 6. The molecule has 1 fully saturated rings. The Morgan fingerprint density at radius 1 is 0.951 bits per heavy atom. The smallest absolute Gasteiger partial charge is 0.417 e. The van der Waals surface area contributed by atoms with Crippen LogP contribution >= 0.6 is 35.6 Å². The van der Waals surface area contributed by atoms with Gasteiger partial charge in [0.25, 0.3) is 11.8 Å². The number of nitrogens with one attached hydrogen (secondary N) is 1. The number of hydrogen-bond acceptors (Lipinski definition) is 6. The third-order valence-corrected chi connectivity index (χ3v) is 7.30. The summed E-state index contributed by atoms with van der Waals surface area (Å²) in [4.78, 5) is 32.1. The van der Waals surface area contributed by atoms with Crippen molar-refractivity contribution in [3.8, 4) is 11.5 Å². The number of carbonyl (C=O) groups excluding carboxylic acids is 2. The average molecular weight is 612 g/mol. The number of ether oxygens (including phenoxy) is 1. The third kappa shape index (κ3) is 6.59. The van der Waals surface area contributed by atoms with Crippen LogP contribution in [0.4, 0.5) is 18.9 Å². The minimum atomic E-state index is -4.65. The van der Waals surface area contributed by atoms with Crippen molar-refractivity contribution in [2.75, 3.05) is 4.90 Å². The molecule has 206 valence electrons. The Hall–Kier alpha value is -4.19. The number of amides is 2. The fourth-order valence-corrected chi connectivity index (χ4v) is 5.08. The molecule has 1 aliphatic rings. The van der Waals surface area contributed by atoms with E-state index in [0.29, 0.717) is 33.3 Å². The Balaban J connectivity index is 1.47. The van der Waals surface area contributed by atoms with Crippen molar-refractivity contribution in [3.05, 3.63) is 113 Å². The molecule has 1 N–H and O–H groups in total. The highest BCUT2D eigenvalue weighted by Crippen LogP contribution is 2.37. The summed E-state index contributed by atoms with van der Waals surface area (Å²) in [6, 6.07) is 22.9. The topological polar surface area (TPSA) is 71.5 Å². The molecule has 0 spiro atoms. The largest absolute Gasteiger partial charge is 0.457 e. The summed E-state index contributed by atoms with van der Waals surface area (Å²) in [5.41, 5.74) is -0.983. The molecule has 0 saturated carbocycles. The normalized spacial score (nSPS) is 14.8. The maximum atomic E-state index is 13.5. The predicted octanol–water partition coefficient (Wildman–Crippen LogP) is 7.53. The van der Waals surface area contributed by atoms with Crippen molar-refractivity contribution >= 4 is 64.3 Å². The van der Waals surface area contributed by atoms with Crippen molar-refractivity contribution in [3.63, 3.8) is 0 Å². The second-order valence-corrected chi connectivity index (χ2v) is 10.5. The van der Waals surface area contributed by atoms with E-state index < -0.39 is 23.6 Å². The second kappa shape index (κ2) is 11.7. The Morgan fingerprint density at radius 3 is 2.27 bits per heavy atom. The highest BCUT2D eigenvalue weighted by Gasteiger charge is 2.36. The lowest BCUT2D eigenvalue weighted by Crippen LogP contribution is -2.54. The molecule has 0 unspecified atom stereocenters. The summed E-state index contributed by atoms with van der Waals surface area (Å²) in [6.45, 7) is 0. The lowest BCUT2D eigenvalue weighted by molar-refractivity contribution is -0.138. The van der Waals surface area contributed by atoms with Gasteiger partial charge >= 0.3 is 6.18 Å². The number of para-hydroxylation sites is 1. The SMILES string of the molecule is O=C1NC(=S)N(c2ccc(Oc3ccccc3)cc2)C(=O)/C1=C/c1ncc(C(F)(F)F)cc1Sc1ccc(Cl)cc1. The summed E-state index contributed by atoms with van der Waals surface area (Å²) in [5.74, 6) is -0.435. The molecule has 0 aliphatic carbocycles. The minimum Gasteiger partial charge on any atom is -0.457 e. The van der Waals surface area contributed by atoms with Crippen LogP contribution in [-0.4, -0.2) is 21.9 Å². The Labute approximate surface area is 246 Å². The van der Waals surface area contributed by atoms with Gasteiger partial charge in [0.15, 0.2) is 5.11 Å². The number of alkyl halides is 3. The van der Waals surface area contributed by atoms with Gasteiger partial charge in [0, 0.05) is 21.0 Å². The summed E-state index contributed by atoms with van der Waals surface area (Å²) in [6.07, 6.45) is -2.85. The van der Waals surface area contributed by atoms with Crippen LogP contribution in [0.15, 0.2) is 106 Å². The van der Waals surface area contributed by atoms with E-state index in [2.05, 4.69) is 10.3 Å². The van der Waals surface area contributed by atoms with Crippen LogP contribution in [0.25, 0.3) is 6.08 Å². The molecule has 2 heterocycles. The zero-order valence-electron chi connectivity index (χ0n) is 20.7. The van der Waals surface area contributed by atoms with E-state index >= 15 is 0 Å². The number of carbonyl (C=O) groups is 2. The first-order valence-corrected chi connectivity index (χ1v) is 13.4. The van der Waals surface area contributed by atoms with Crippen LogP contribution in [0.2, 0.25) is 5.02 Å². The Kier molecular flexibility index (Phi) is 8.11. The van der Waals surface area contributed by atoms with Crippen molar-refractivity contribution in [2.45, 2.75) is 16.0 Å². The van der Waals surface area contributed by atoms with Gasteiger partial charge in [-0.3, -0.25) is 24.8 Å². The molecule has 4 aromatic rings. The molecule has 1 aliphatic heterocycles. The number of aromatic nitrogens is 1. The number of hydrogen-bond donors (Lipinski definition) is 1. The standard InChI is InChI=1S/C29H17ClF3N3O3S2/c30-18-6-12-22(13-7-18)41-25-14-17(29(31,32)33)16-34-24(25)15-23-26(37)35-28(40)36(27(23)38)19-8-10-21(11-9-19)39-20-4-2-1-3-5-20/h1-16H,(H,35,37,40)/b23-15+. The van der Waals surface area contributed by atoms with Gasteiger partial charge in [-0.25, -0.2) is 0 Å². The van der Waals surface area contributed by atoms with Crippen LogP contribution < -0.4 is 15.0 Å². The molecular weight excluding hydrogens is 595 g/mol. The number of nitrogens with zero attached hydrogens (tertiary/aromatic N) is 2. The number of pyridine rings is 1. The third-order valence-electron chi connectivity index (χ3n) is 5.71. The van der Waals surface area contributed by atoms with Gasteiger partial charge in [-0.05, 0) is 85.0 Å². The molecule has 5 rings (SSSR count). The first kappa shape index (κ1) is 28.3. The minimum absolute atomic E-state index is 0.00386. The molecule has 41 heavy (non-hydrogen) atoms. The predicted molar refractivity (Wildman–Crippen MR) is 154 cm³/mol. The number of halogens is 4. The molecular formula is C29H17ClF3N3O3S2. The molecule has 3 aromatic carbocycles. The zero-order chi connectivity index (χ0) is 29.1. The molecule has 0 bridgehead atoms. The summed E-state index contributed by atoms with van der Waals surface area (Å²) in [5, 5.41) is 2.77. The maximum Gasteiger partial charge on any atom is 0.417 e. The van der Waals surface area contributed by atoms with Crippen LogP contribution in [-0.2, 0) is 15.8 Å². The number of thiocarbonyl (C=S) groups is 1. The van der Waals surface area contributed by atoms with Crippen molar-refractivity contribution in [2.24, 2.45) is 0 Å². The number of anilines is 1. The molecule has 6 nitrogen and oxygen atoms in total. The van der Waals surface area contributed by atoms with Crippen LogP contribution in [0.5, 0.6) is 11.5 Å². The molecule has 12 heteroatoms. The first-order chi connectivity index (χ1) is 19.6. The van der Waals surface area contributed by atoms with Crippen LogP contribution in [0, 0.1) is 0 Å². The lowest BCUT2D eigenvalue weighted by atomic mass is 10.1. The Bertz CT molecular complexity index is 1660. The van der Waals surface area contributed by atoms with E-state index in [4.69, 9.17) is 28.6 Å². The monoisotopic (exact) mass is 611 g/mol. The average Bonchev–Trinajstić information content (AvgIpc) is 2.94. The fourth-order valence-electron chi connectivity index (χ4n) is 3.75. The van der Waals surface area contributed by atoms with Crippen molar-refractivity contribution in [1.29, 1.82) is 0 Å². The Morgan fingerprint density at radius 2 is 1.61 bits per heavy atom. The van der Waals surface area contributed by atoms with Gasteiger partial charge in [-0.1, -0.05) is 41.6 Å². The first-order valence-electron chi connectivity index (χ1n) is 11.8. The number of benzene rings is 3. The van der Waals surface area contributed by atoms with Gasteiger partial charge in [-0.2, -0.15) is 13.2 Å². The zero-order valence-corrected chi connectivity index (χ0v) is 23.1. The van der Waals surface area contributed by atoms with Gasteiger partial charge in [-0.15, -0.1) is 0 Å². The van der Waals surface area contributed by atoms with Gasteiger partial charge in [0.2, 0.25) is 0 Å². The summed E-state index contributed by atoms with van der Waals surface area (Å²) in [7, 11) is 0. The van der Waals surface area contributed by atoms with Crippen molar-refractivity contribution in [1.82, 2.24) is 10.3 Å². The summed E-state index contributed by atoms with van der Waals surface area (Å²) < 4.78 is 46.2. The molecule has 0 atom stereocenters. The van der Waals surface area contributed by atoms with E-state index in [1.54, 1.807) is 60.7 Å². The van der Waals surface area contributed by atoms with E-state index in [0.717, 1.165) is 28.8 Å².